The molecule has 5 rings (SSSR count). The van der Waals surface area contributed by atoms with Crippen molar-refractivity contribution in [3.8, 4) is 0 Å². The number of carbonyl (C=O) groups is 2. The highest BCUT2D eigenvalue weighted by Gasteiger charge is 2.36. The smallest absolute Gasteiger partial charge is 0.307 e. The molecule has 1 fully saturated rings. The molecule has 0 saturated carbocycles. The number of benzene rings is 1. The van der Waals surface area contributed by atoms with Crippen molar-refractivity contribution in [3.05, 3.63) is 65.1 Å². The fourth-order valence-electron chi connectivity index (χ4n) is 5.45. The molecule has 7 heteroatoms. The average molecular weight is 448 g/mol. The monoisotopic (exact) mass is 447 g/mol. The van der Waals surface area contributed by atoms with Gasteiger partial charge in [-0.3, -0.25) is 19.5 Å². The Morgan fingerprint density at radius 2 is 2.00 bits per heavy atom. The number of carbonyl (C=O) groups excluding carboxylic acids is 1. The van der Waals surface area contributed by atoms with Crippen LogP contribution in [0.15, 0.2) is 42.7 Å². The molecule has 172 valence electrons. The van der Waals surface area contributed by atoms with E-state index in [1.54, 1.807) is 12.4 Å². The van der Waals surface area contributed by atoms with Crippen LogP contribution < -0.4 is 0 Å². The van der Waals surface area contributed by atoms with Gasteiger partial charge in [0.05, 0.1) is 19.4 Å². The number of aromatic nitrogens is 2. The van der Waals surface area contributed by atoms with E-state index in [-0.39, 0.29) is 12.8 Å². The summed E-state index contributed by atoms with van der Waals surface area (Å²) < 4.78 is 8.18. The van der Waals surface area contributed by atoms with Gasteiger partial charge < -0.3 is 14.4 Å². The molecule has 0 radical (unpaired) electrons. The first-order chi connectivity index (χ1) is 16.0. The van der Waals surface area contributed by atoms with Gasteiger partial charge in [0.15, 0.2) is 0 Å². The van der Waals surface area contributed by atoms with Gasteiger partial charge in [-0.15, -0.1) is 0 Å². The number of pyridine rings is 1. The van der Waals surface area contributed by atoms with E-state index in [0.717, 1.165) is 25.1 Å². The summed E-state index contributed by atoms with van der Waals surface area (Å²) in [5.74, 6) is -1.50. The van der Waals surface area contributed by atoms with E-state index < -0.39 is 18.0 Å². The molecule has 0 amide bonds. The minimum absolute atomic E-state index is 0.141. The van der Waals surface area contributed by atoms with E-state index in [9.17, 15) is 9.59 Å². The summed E-state index contributed by atoms with van der Waals surface area (Å²) in [6.07, 6.45) is 5.86. The first-order valence-corrected chi connectivity index (χ1v) is 11.7. The molecular formula is C26H29N3O4. The molecule has 7 nitrogen and oxygen atoms in total. The van der Waals surface area contributed by atoms with Crippen LogP contribution in [0.25, 0.3) is 10.9 Å². The van der Waals surface area contributed by atoms with Gasteiger partial charge in [-0.2, -0.15) is 0 Å². The number of aryl methyl sites for hydroxylation is 1. The highest BCUT2D eigenvalue weighted by Crippen LogP contribution is 2.43. The maximum atomic E-state index is 12.5. The first-order valence-electron chi connectivity index (χ1n) is 11.7. The fourth-order valence-corrected chi connectivity index (χ4v) is 5.45. The number of nitrogens with zero attached hydrogens (tertiary/aromatic N) is 3. The lowest BCUT2D eigenvalue weighted by atomic mass is 9.95. The fraction of sp³-hybridized carbons (Fsp3) is 0.423. The van der Waals surface area contributed by atoms with Crippen molar-refractivity contribution in [3.63, 3.8) is 0 Å². The summed E-state index contributed by atoms with van der Waals surface area (Å²) in [6, 6.07) is 10.8. The summed E-state index contributed by atoms with van der Waals surface area (Å²) in [5, 5.41) is 10.2. The van der Waals surface area contributed by atoms with Gasteiger partial charge in [0, 0.05) is 48.0 Å². The second kappa shape index (κ2) is 8.98. The minimum atomic E-state index is -1.01. The second-order valence-corrected chi connectivity index (χ2v) is 9.09. The average Bonchev–Trinajstić information content (AvgIpc) is 3.40. The molecule has 33 heavy (non-hydrogen) atoms. The lowest BCUT2D eigenvalue weighted by molar-refractivity contribution is -0.153. The highest BCUT2D eigenvalue weighted by molar-refractivity contribution is 5.87. The summed E-state index contributed by atoms with van der Waals surface area (Å²) in [4.78, 5) is 30.1. The number of carboxylic acids is 1. The Bertz CT molecular complexity index is 1190. The standard InChI is InChI=1S/C26H29N3O4/c1-17-4-5-20-19(15-17)26-21-3-2-13-28(21)14-10-22(26)29(20)16-23(18-8-11-27-12-9-18)33-25(32)7-6-24(30)31/h4-5,8-9,11-12,15,21,23H,2-3,6-7,10,13-14,16H2,1H3,(H,30,31). The third-order valence-corrected chi connectivity index (χ3v) is 6.95. The van der Waals surface area contributed by atoms with Gasteiger partial charge >= 0.3 is 11.9 Å². The molecule has 1 saturated heterocycles. The van der Waals surface area contributed by atoms with Crippen LogP contribution in [0.2, 0.25) is 0 Å². The van der Waals surface area contributed by atoms with Gasteiger partial charge in [-0.25, -0.2) is 0 Å². The molecule has 0 spiro atoms. The van der Waals surface area contributed by atoms with Gasteiger partial charge in [-0.05, 0) is 61.7 Å². The molecule has 2 aliphatic rings. The normalized spacial score (nSPS) is 18.6. The van der Waals surface area contributed by atoms with Crippen LogP contribution in [0.5, 0.6) is 0 Å². The number of fused-ring (bicyclic) bond motifs is 5. The van der Waals surface area contributed by atoms with Crippen LogP contribution in [0, 0.1) is 6.92 Å². The van der Waals surface area contributed by atoms with E-state index in [4.69, 9.17) is 9.84 Å². The summed E-state index contributed by atoms with van der Waals surface area (Å²) in [5.41, 5.74) is 6.03. The van der Waals surface area contributed by atoms with Crippen molar-refractivity contribution in [2.45, 2.75) is 57.7 Å². The molecule has 1 aromatic carbocycles. The van der Waals surface area contributed by atoms with Crippen molar-refractivity contribution in [2.75, 3.05) is 13.1 Å². The van der Waals surface area contributed by atoms with Crippen LogP contribution in [0.4, 0.5) is 0 Å². The molecule has 2 aliphatic heterocycles. The van der Waals surface area contributed by atoms with Crippen molar-refractivity contribution >= 4 is 22.8 Å². The predicted molar refractivity (Wildman–Crippen MR) is 124 cm³/mol. The van der Waals surface area contributed by atoms with Crippen molar-refractivity contribution < 1.29 is 19.4 Å². The van der Waals surface area contributed by atoms with Gasteiger partial charge in [0.2, 0.25) is 0 Å². The Balaban J connectivity index is 1.54. The lowest BCUT2D eigenvalue weighted by Crippen LogP contribution is -2.31. The molecular weight excluding hydrogens is 418 g/mol. The van der Waals surface area contributed by atoms with E-state index in [1.165, 1.54) is 40.6 Å². The lowest BCUT2D eigenvalue weighted by Gasteiger charge is -2.31. The largest absolute Gasteiger partial charge is 0.481 e. The number of esters is 1. The maximum absolute atomic E-state index is 12.5. The quantitative estimate of drug-likeness (QED) is 0.547. The van der Waals surface area contributed by atoms with E-state index in [1.807, 2.05) is 12.1 Å². The molecule has 1 N–H and O–H groups in total. The van der Waals surface area contributed by atoms with Crippen molar-refractivity contribution in [2.24, 2.45) is 0 Å². The Morgan fingerprint density at radius 3 is 2.79 bits per heavy atom. The topological polar surface area (TPSA) is 84.7 Å². The van der Waals surface area contributed by atoms with E-state index in [0.29, 0.717) is 12.6 Å². The van der Waals surface area contributed by atoms with Gasteiger partial charge in [-0.1, -0.05) is 11.6 Å². The van der Waals surface area contributed by atoms with Crippen molar-refractivity contribution in [1.29, 1.82) is 0 Å². The van der Waals surface area contributed by atoms with Gasteiger partial charge in [0.1, 0.15) is 6.10 Å². The number of hydrogen-bond donors (Lipinski definition) is 1. The van der Waals surface area contributed by atoms with E-state index in [2.05, 4.69) is 39.6 Å². The molecule has 0 bridgehead atoms. The Labute approximate surface area is 193 Å². The van der Waals surface area contributed by atoms with Gasteiger partial charge in [0.25, 0.3) is 0 Å². The number of aliphatic carboxylic acids is 1. The van der Waals surface area contributed by atoms with Crippen LogP contribution >= 0.6 is 0 Å². The minimum Gasteiger partial charge on any atom is -0.481 e. The molecule has 2 atom stereocenters. The van der Waals surface area contributed by atoms with Crippen LogP contribution in [0.1, 0.15) is 60.2 Å². The van der Waals surface area contributed by atoms with Crippen LogP contribution in [-0.2, 0) is 27.3 Å². The van der Waals surface area contributed by atoms with Crippen LogP contribution in [-0.4, -0.2) is 44.6 Å². The third-order valence-electron chi connectivity index (χ3n) is 6.95. The molecule has 2 aromatic heterocycles. The molecule has 4 heterocycles. The summed E-state index contributed by atoms with van der Waals surface area (Å²) >= 11 is 0. The number of carboxylic acid groups (broad SMARTS) is 1. The molecule has 0 aliphatic carbocycles. The molecule has 2 unspecified atom stereocenters. The zero-order chi connectivity index (χ0) is 22.9. The van der Waals surface area contributed by atoms with Crippen molar-refractivity contribution in [1.82, 2.24) is 14.5 Å². The number of rotatable bonds is 7. The zero-order valence-corrected chi connectivity index (χ0v) is 18.9. The van der Waals surface area contributed by atoms with Crippen LogP contribution in [0.3, 0.4) is 0 Å². The zero-order valence-electron chi connectivity index (χ0n) is 18.9. The first kappa shape index (κ1) is 21.6. The third kappa shape index (κ3) is 4.25. The number of ether oxygens (including phenoxy) is 1. The number of hydrogen-bond acceptors (Lipinski definition) is 5. The molecule has 3 aromatic rings. The Kier molecular flexibility index (Phi) is 5.89. The Hall–Kier alpha value is -3.19. The second-order valence-electron chi connectivity index (χ2n) is 9.09. The SMILES string of the molecule is Cc1ccc2c(c1)c1c(n2CC(OC(=O)CCC(=O)O)c2ccncc2)CCN2CCCC12. The predicted octanol–water partition coefficient (Wildman–Crippen LogP) is 4.19. The summed E-state index contributed by atoms with van der Waals surface area (Å²) in [7, 11) is 0. The highest BCUT2D eigenvalue weighted by atomic mass is 16.5. The Morgan fingerprint density at radius 1 is 1.18 bits per heavy atom. The maximum Gasteiger partial charge on any atom is 0.307 e. The van der Waals surface area contributed by atoms with E-state index >= 15 is 0 Å². The summed E-state index contributed by atoms with van der Waals surface area (Å²) in [6.45, 7) is 4.82.